The molecule has 0 fully saturated rings. The molecule has 0 amide bonds. The predicted octanol–water partition coefficient (Wildman–Crippen LogP) is 5.78. The van der Waals surface area contributed by atoms with Crippen LogP contribution < -0.4 is 0 Å². The van der Waals surface area contributed by atoms with E-state index in [-0.39, 0.29) is 0 Å². The van der Waals surface area contributed by atoms with E-state index in [1.165, 1.54) is 0 Å². The number of halogens is 2. The first-order valence-corrected chi connectivity index (χ1v) is 10.2. The Hall–Kier alpha value is -2.70. The molecule has 0 saturated carbocycles. The maximum absolute atomic E-state index is 6.15. The molecule has 8 heteroatoms. The fraction of sp³-hybridized carbons (Fsp3) is 0.238. The molecule has 2 aromatic carbocycles. The van der Waals surface area contributed by atoms with Crippen molar-refractivity contribution in [2.75, 3.05) is 0 Å². The number of aryl methyl sites for hydroxylation is 2. The molecular formula is C21H19Cl2N5O. The minimum Gasteiger partial charge on any atom is -0.440 e. The average molecular weight is 428 g/mol. The normalized spacial score (nSPS) is 11.1. The number of hydrogen-bond donors (Lipinski definition) is 1. The Balaban J connectivity index is 1.49. The van der Waals surface area contributed by atoms with Crippen LogP contribution in [-0.2, 0) is 12.8 Å². The fourth-order valence-corrected chi connectivity index (χ4v) is 3.35. The molecule has 0 aliphatic rings. The second-order valence-corrected chi connectivity index (χ2v) is 7.56. The first kappa shape index (κ1) is 19.6. The number of oxazole rings is 1. The molecule has 0 bridgehead atoms. The topological polar surface area (TPSA) is 80.5 Å². The monoisotopic (exact) mass is 427 g/mol. The van der Waals surface area contributed by atoms with Gasteiger partial charge in [0.1, 0.15) is 5.69 Å². The summed E-state index contributed by atoms with van der Waals surface area (Å²) in [6.45, 7) is 0. The number of aromatic nitrogens is 5. The summed E-state index contributed by atoms with van der Waals surface area (Å²) in [7, 11) is 0. The van der Waals surface area contributed by atoms with Gasteiger partial charge in [0, 0.05) is 34.0 Å². The minimum atomic E-state index is 0.683. The molecule has 0 atom stereocenters. The van der Waals surface area contributed by atoms with Gasteiger partial charge in [-0.15, -0.1) is 10.2 Å². The maximum atomic E-state index is 6.15. The summed E-state index contributed by atoms with van der Waals surface area (Å²) in [6, 6.07) is 15.2. The minimum absolute atomic E-state index is 0.683. The lowest BCUT2D eigenvalue weighted by atomic mass is 10.1. The summed E-state index contributed by atoms with van der Waals surface area (Å²) < 4.78 is 6.15. The van der Waals surface area contributed by atoms with Crippen molar-refractivity contribution in [3.8, 4) is 22.6 Å². The van der Waals surface area contributed by atoms with Crippen LogP contribution in [0.5, 0.6) is 0 Å². The summed E-state index contributed by atoms with van der Waals surface area (Å²) in [5, 5.41) is 15.4. The summed E-state index contributed by atoms with van der Waals surface area (Å²) in [6.07, 6.45) is 4.57. The highest BCUT2D eigenvalue weighted by atomic mass is 35.5. The van der Waals surface area contributed by atoms with Crippen molar-refractivity contribution in [2.45, 2.75) is 32.1 Å². The highest BCUT2D eigenvalue weighted by Gasteiger charge is 2.17. The quantitative estimate of drug-likeness (QED) is 0.360. The maximum Gasteiger partial charge on any atom is 0.195 e. The molecule has 0 radical (unpaired) electrons. The molecule has 6 nitrogen and oxygen atoms in total. The highest BCUT2D eigenvalue weighted by Crippen LogP contribution is 2.34. The van der Waals surface area contributed by atoms with Gasteiger partial charge in [0.05, 0.1) is 0 Å². The summed E-state index contributed by atoms with van der Waals surface area (Å²) in [4.78, 5) is 4.77. The molecule has 4 aromatic rings. The first-order chi connectivity index (χ1) is 14.2. The van der Waals surface area contributed by atoms with Crippen molar-refractivity contribution in [1.82, 2.24) is 25.6 Å². The molecule has 0 aliphatic carbocycles. The molecule has 2 heterocycles. The number of hydrogen-bond acceptors (Lipinski definition) is 5. The van der Waals surface area contributed by atoms with Crippen LogP contribution >= 0.6 is 23.2 Å². The third-order valence-electron chi connectivity index (χ3n) is 4.58. The van der Waals surface area contributed by atoms with Crippen LogP contribution in [-0.4, -0.2) is 25.6 Å². The molecule has 4 rings (SSSR count). The number of aromatic amines is 1. The number of benzene rings is 2. The van der Waals surface area contributed by atoms with Gasteiger partial charge in [0.15, 0.2) is 17.5 Å². The van der Waals surface area contributed by atoms with E-state index in [9.17, 15) is 0 Å². The van der Waals surface area contributed by atoms with Crippen LogP contribution in [0.15, 0.2) is 52.9 Å². The largest absolute Gasteiger partial charge is 0.440 e. The Morgan fingerprint density at radius 2 is 1.45 bits per heavy atom. The van der Waals surface area contributed by atoms with Crippen molar-refractivity contribution < 1.29 is 4.42 Å². The lowest BCUT2D eigenvalue weighted by Crippen LogP contribution is -1.91. The Labute approximate surface area is 178 Å². The Morgan fingerprint density at radius 1 is 0.793 bits per heavy atom. The van der Waals surface area contributed by atoms with Crippen molar-refractivity contribution >= 4 is 23.2 Å². The highest BCUT2D eigenvalue weighted by molar-refractivity contribution is 6.31. The zero-order valence-corrected chi connectivity index (χ0v) is 17.1. The average Bonchev–Trinajstić information content (AvgIpc) is 3.39. The van der Waals surface area contributed by atoms with E-state index in [1.807, 2.05) is 48.5 Å². The van der Waals surface area contributed by atoms with E-state index >= 15 is 0 Å². The number of nitrogens with one attached hydrogen (secondary N) is 1. The first-order valence-electron chi connectivity index (χ1n) is 9.43. The van der Waals surface area contributed by atoms with Crippen LogP contribution in [0.2, 0.25) is 10.0 Å². The number of nitrogens with zero attached hydrogens (tertiary/aromatic N) is 4. The second-order valence-electron chi connectivity index (χ2n) is 6.69. The Morgan fingerprint density at radius 3 is 2.10 bits per heavy atom. The second kappa shape index (κ2) is 9.20. The van der Waals surface area contributed by atoms with Crippen molar-refractivity contribution in [2.24, 2.45) is 0 Å². The van der Waals surface area contributed by atoms with Crippen LogP contribution in [0.1, 0.15) is 31.0 Å². The Kier molecular flexibility index (Phi) is 6.22. The van der Waals surface area contributed by atoms with Gasteiger partial charge in [-0.25, -0.2) is 4.98 Å². The fourth-order valence-electron chi connectivity index (χ4n) is 3.10. The van der Waals surface area contributed by atoms with Crippen molar-refractivity contribution in [1.29, 1.82) is 0 Å². The molecule has 29 heavy (non-hydrogen) atoms. The van der Waals surface area contributed by atoms with Gasteiger partial charge in [0.25, 0.3) is 0 Å². The third-order valence-corrected chi connectivity index (χ3v) is 5.08. The standard InChI is InChI=1S/C21H19Cl2N5O/c22-16-10-6-14(7-11-16)20-21(15-8-12-17(23)13-9-15)29-19(24-20)5-3-1-2-4-18-25-27-28-26-18/h6-13H,1-5H2,(H,25,26,27,28). The van der Waals surface area contributed by atoms with Gasteiger partial charge in [0.2, 0.25) is 0 Å². The lowest BCUT2D eigenvalue weighted by Gasteiger charge is -2.02. The van der Waals surface area contributed by atoms with Gasteiger partial charge >= 0.3 is 0 Å². The number of rotatable bonds is 8. The molecule has 0 unspecified atom stereocenters. The van der Waals surface area contributed by atoms with Crippen LogP contribution in [0.25, 0.3) is 22.6 Å². The van der Waals surface area contributed by atoms with Crippen LogP contribution in [0.4, 0.5) is 0 Å². The molecule has 0 aliphatic heterocycles. The zero-order chi connectivity index (χ0) is 20.1. The SMILES string of the molecule is Clc1ccc(-c2nc(CCCCCc3nn[nH]n3)oc2-c2ccc(Cl)cc2)cc1. The zero-order valence-electron chi connectivity index (χ0n) is 15.6. The van der Waals surface area contributed by atoms with E-state index in [0.717, 1.165) is 66.4 Å². The van der Waals surface area contributed by atoms with Gasteiger partial charge in [-0.05, 0) is 49.2 Å². The molecule has 148 valence electrons. The molecule has 2 aromatic heterocycles. The van der Waals surface area contributed by atoms with Crippen LogP contribution in [0.3, 0.4) is 0 Å². The van der Waals surface area contributed by atoms with E-state index < -0.39 is 0 Å². The van der Waals surface area contributed by atoms with E-state index in [4.69, 9.17) is 32.6 Å². The van der Waals surface area contributed by atoms with Crippen molar-refractivity contribution in [3.63, 3.8) is 0 Å². The molecular weight excluding hydrogens is 409 g/mol. The number of tetrazole rings is 1. The van der Waals surface area contributed by atoms with Crippen LogP contribution in [0, 0.1) is 0 Å². The molecule has 0 saturated heterocycles. The Bertz CT molecular complexity index is 981. The smallest absolute Gasteiger partial charge is 0.195 e. The van der Waals surface area contributed by atoms with Gasteiger partial charge in [-0.2, -0.15) is 5.21 Å². The number of H-pyrrole nitrogens is 1. The summed E-state index contributed by atoms with van der Waals surface area (Å²) in [5.74, 6) is 2.21. The lowest BCUT2D eigenvalue weighted by molar-refractivity contribution is 0.490. The van der Waals surface area contributed by atoms with Gasteiger partial charge in [-0.3, -0.25) is 0 Å². The predicted molar refractivity (Wildman–Crippen MR) is 113 cm³/mol. The van der Waals surface area contributed by atoms with Crippen molar-refractivity contribution in [3.05, 3.63) is 70.3 Å². The van der Waals surface area contributed by atoms with E-state index in [1.54, 1.807) is 0 Å². The molecule has 0 spiro atoms. The van der Waals surface area contributed by atoms with Gasteiger partial charge < -0.3 is 4.42 Å². The van der Waals surface area contributed by atoms with E-state index in [0.29, 0.717) is 10.0 Å². The van der Waals surface area contributed by atoms with E-state index in [2.05, 4.69) is 20.6 Å². The van der Waals surface area contributed by atoms with Gasteiger partial charge in [-0.1, -0.05) is 47.0 Å². The molecule has 1 N–H and O–H groups in total. The third kappa shape index (κ3) is 5.02. The number of unbranched alkanes of at least 4 members (excludes halogenated alkanes) is 2. The summed E-state index contributed by atoms with van der Waals surface area (Å²) in [5.41, 5.74) is 2.72. The summed E-state index contributed by atoms with van der Waals surface area (Å²) >= 11 is 12.1.